The maximum Gasteiger partial charge on any atom is 0.305 e. The van der Waals surface area contributed by atoms with Gasteiger partial charge in [0.1, 0.15) is 0 Å². The fraction of sp³-hybridized carbons (Fsp3) is 0.800. The van der Waals surface area contributed by atoms with Gasteiger partial charge in [0.05, 0.1) is 11.0 Å². The second kappa shape index (κ2) is 4.99. The van der Waals surface area contributed by atoms with Crippen LogP contribution in [0.2, 0.25) is 0 Å². The van der Waals surface area contributed by atoms with E-state index in [1.807, 2.05) is 12.5 Å². The van der Waals surface area contributed by atoms with Crippen molar-refractivity contribution in [2.45, 2.75) is 11.0 Å². The van der Waals surface area contributed by atoms with E-state index < -0.39 is 5.97 Å². The molecule has 0 rings (SSSR count). The Bertz CT molecular complexity index is 91.0. The number of hydrogen-bond donors (Lipinski definition) is 1. The van der Waals surface area contributed by atoms with Crippen LogP contribution in [0.1, 0.15) is 6.42 Å². The molecule has 0 spiro atoms. The first-order chi connectivity index (χ1) is 4.20. The van der Waals surface area contributed by atoms with Gasteiger partial charge in [-0.2, -0.15) is 23.5 Å². The smallest absolute Gasteiger partial charge is 0.305 e. The largest absolute Gasteiger partial charge is 0.481 e. The molecule has 9 heavy (non-hydrogen) atoms. The summed E-state index contributed by atoms with van der Waals surface area (Å²) in [5.41, 5.74) is 0. The van der Waals surface area contributed by atoms with Crippen LogP contribution in [0, 0.1) is 0 Å². The summed E-state index contributed by atoms with van der Waals surface area (Å²) in [4.78, 5) is 10.1. The van der Waals surface area contributed by atoms with Crippen molar-refractivity contribution in [3.8, 4) is 0 Å². The highest BCUT2D eigenvalue weighted by molar-refractivity contribution is 8.16. The fourth-order valence-electron chi connectivity index (χ4n) is 0.405. The lowest BCUT2D eigenvalue weighted by Crippen LogP contribution is -2.04. The van der Waals surface area contributed by atoms with Gasteiger partial charge in [-0.25, -0.2) is 0 Å². The lowest BCUT2D eigenvalue weighted by Gasteiger charge is -2.05. The third kappa shape index (κ3) is 4.66. The number of rotatable bonds is 4. The number of thioether (sulfide) groups is 2. The van der Waals surface area contributed by atoms with Crippen LogP contribution in [-0.2, 0) is 4.79 Å². The van der Waals surface area contributed by atoms with E-state index in [1.165, 1.54) is 0 Å². The first-order valence-electron chi connectivity index (χ1n) is 2.48. The fourth-order valence-corrected chi connectivity index (χ4v) is 1.79. The number of aliphatic carboxylic acids is 1. The zero-order chi connectivity index (χ0) is 7.28. The molecular weight excluding hydrogens is 156 g/mol. The van der Waals surface area contributed by atoms with Gasteiger partial charge in [0.25, 0.3) is 0 Å². The predicted octanol–water partition coefficient (Wildman–Crippen LogP) is 1.51. The van der Waals surface area contributed by atoms with Gasteiger partial charge in [-0.1, -0.05) is 0 Å². The van der Waals surface area contributed by atoms with E-state index >= 15 is 0 Å². The number of carbonyl (C=O) groups is 1. The Morgan fingerprint density at radius 3 is 2.11 bits per heavy atom. The molecule has 0 aliphatic heterocycles. The number of hydrogen-bond acceptors (Lipinski definition) is 3. The van der Waals surface area contributed by atoms with Crippen LogP contribution in [0.5, 0.6) is 0 Å². The van der Waals surface area contributed by atoms with Crippen LogP contribution in [0.15, 0.2) is 0 Å². The average Bonchev–Trinajstić information content (AvgIpc) is 1.82. The van der Waals surface area contributed by atoms with E-state index in [0.717, 1.165) is 0 Å². The molecule has 0 aromatic rings. The van der Waals surface area contributed by atoms with E-state index in [9.17, 15) is 4.79 Å². The number of carboxylic acid groups (broad SMARTS) is 1. The molecule has 0 aromatic carbocycles. The summed E-state index contributed by atoms with van der Waals surface area (Å²) < 4.78 is 0.211. The summed E-state index contributed by atoms with van der Waals surface area (Å²) >= 11 is 3.16. The molecule has 0 aliphatic carbocycles. The molecule has 0 bridgehead atoms. The topological polar surface area (TPSA) is 37.3 Å². The van der Waals surface area contributed by atoms with Gasteiger partial charge < -0.3 is 5.11 Å². The van der Waals surface area contributed by atoms with Crippen molar-refractivity contribution in [2.75, 3.05) is 12.5 Å². The van der Waals surface area contributed by atoms with E-state index in [0.29, 0.717) is 0 Å². The van der Waals surface area contributed by atoms with Gasteiger partial charge in [0.2, 0.25) is 0 Å². The molecule has 0 aromatic heterocycles. The van der Waals surface area contributed by atoms with E-state index in [2.05, 4.69) is 0 Å². The van der Waals surface area contributed by atoms with Crippen molar-refractivity contribution < 1.29 is 9.90 Å². The predicted molar refractivity (Wildman–Crippen MR) is 43.1 cm³/mol. The normalized spacial score (nSPS) is 10.1. The van der Waals surface area contributed by atoms with Crippen LogP contribution >= 0.6 is 23.5 Å². The Balaban J connectivity index is 3.43. The van der Waals surface area contributed by atoms with Gasteiger partial charge in [0, 0.05) is 0 Å². The van der Waals surface area contributed by atoms with Crippen molar-refractivity contribution in [1.29, 1.82) is 0 Å². The summed E-state index contributed by atoms with van der Waals surface area (Å²) in [6, 6.07) is 0. The minimum absolute atomic E-state index is 0.211. The zero-order valence-electron chi connectivity index (χ0n) is 5.46. The average molecular weight is 166 g/mol. The summed E-state index contributed by atoms with van der Waals surface area (Å²) in [5, 5.41) is 8.32. The first-order valence-corrected chi connectivity index (χ1v) is 5.05. The Morgan fingerprint density at radius 2 is 2.00 bits per heavy atom. The van der Waals surface area contributed by atoms with Gasteiger partial charge >= 0.3 is 5.97 Å². The highest BCUT2D eigenvalue weighted by Gasteiger charge is 2.08. The molecule has 0 saturated heterocycles. The van der Waals surface area contributed by atoms with Gasteiger partial charge in [0.15, 0.2) is 0 Å². The zero-order valence-corrected chi connectivity index (χ0v) is 7.09. The lowest BCUT2D eigenvalue weighted by atomic mass is 10.5. The van der Waals surface area contributed by atoms with Crippen LogP contribution in [0.25, 0.3) is 0 Å². The molecule has 0 aliphatic rings. The standard InChI is InChI=1S/C5H10O2S2/c1-8-5(9-2)3-4(6)7/h5H,3H2,1-2H3,(H,6,7). The molecule has 0 radical (unpaired) electrons. The second-order valence-electron chi connectivity index (χ2n) is 1.50. The van der Waals surface area contributed by atoms with E-state index in [-0.39, 0.29) is 11.0 Å². The Kier molecular flexibility index (Phi) is 5.09. The summed E-state index contributed by atoms with van der Waals surface area (Å²) in [6.45, 7) is 0. The molecule has 0 atom stereocenters. The SMILES string of the molecule is CSC(CC(=O)O)SC. The monoisotopic (exact) mass is 166 g/mol. The Morgan fingerprint density at radius 1 is 1.56 bits per heavy atom. The maximum absolute atomic E-state index is 10.1. The third-order valence-electron chi connectivity index (χ3n) is 0.867. The molecule has 1 N–H and O–H groups in total. The Hall–Kier alpha value is 0.170. The van der Waals surface area contributed by atoms with Crippen LogP contribution in [0.3, 0.4) is 0 Å². The molecule has 2 nitrogen and oxygen atoms in total. The minimum Gasteiger partial charge on any atom is -0.481 e. The Labute approximate surface area is 63.4 Å². The maximum atomic E-state index is 10.1. The summed E-state index contributed by atoms with van der Waals surface area (Å²) in [6.07, 6.45) is 4.09. The van der Waals surface area contributed by atoms with Crippen molar-refractivity contribution in [3.05, 3.63) is 0 Å². The quantitative estimate of drug-likeness (QED) is 0.642. The highest BCUT2D eigenvalue weighted by atomic mass is 32.2. The van der Waals surface area contributed by atoms with Gasteiger partial charge in [-0.3, -0.25) is 4.79 Å². The number of carboxylic acids is 1. The van der Waals surface area contributed by atoms with Crippen LogP contribution in [-0.4, -0.2) is 28.2 Å². The molecule has 0 fully saturated rings. The molecule has 0 unspecified atom stereocenters. The van der Waals surface area contributed by atoms with Gasteiger partial charge in [-0.05, 0) is 12.5 Å². The third-order valence-corrected chi connectivity index (χ3v) is 3.41. The van der Waals surface area contributed by atoms with Crippen molar-refractivity contribution in [3.63, 3.8) is 0 Å². The summed E-state index contributed by atoms with van der Waals surface area (Å²) in [5.74, 6) is -0.719. The molecule has 0 heterocycles. The van der Waals surface area contributed by atoms with E-state index in [4.69, 9.17) is 5.11 Å². The molecule has 54 valence electrons. The molecule has 4 heteroatoms. The summed E-state index contributed by atoms with van der Waals surface area (Å²) in [7, 11) is 0. The van der Waals surface area contributed by atoms with Crippen LogP contribution < -0.4 is 0 Å². The highest BCUT2D eigenvalue weighted by Crippen LogP contribution is 2.21. The molecule has 0 saturated carbocycles. The van der Waals surface area contributed by atoms with Gasteiger partial charge in [-0.15, -0.1) is 0 Å². The van der Waals surface area contributed by atoms with Crippen molar-refractivity contribution in [2.24, 2.45) is 0 Å². The lowest BCUT2D eigenvalue weighted by molar-refractivity contribution is -0.136. The van der Waals surface area contributed by atoms with Crippen molar-refractivity contribution >= 4 is 29.5 Å². The van der Waals surface area contributed by atoms with E-state index in [1.54, 1.807) is 23.5 Å². The second-order valence-corrected chi connectivity index (χ2v) is 3.88. The molecule has 0 amide bonds. The molecular formula is C5H10O2S2. The van der Waals surface area contributed by atoms with Crippen LogP contribution in [0.4, 0.5) is 0 Å². The first kappa shape index (κ1) is 9.17. The van der Waals surface area contributed by atoms with Crippen molar-refractivity contribution in [1.82, 2.24) is 0 Å². The minimum atomic E-state index is -0.719.